The summed E-state index contributed by atoms with van der Waals surface area (Å²) in [5.41, 5.74) is 1.14. The Hall–Kier alpha value is -2.15. The van der Waals surface area contributed by atoms with Crippen molar-refractivity contribution >= 4 is 27.6 Å². The average Bonchev–Trinajstić information content (AvgIpc) is 3.10. The fourth-order valence-corrected chi connectivity index (χ4v) is 6.05. The van der Waals surface area contributed by atoms with Crippen LogP contribution in [0.1, 0.15) is 37.9 Å². The molecule has 0 N–H and O–H groups in total. The second-order valence-electron chi connectivity index (χ2n) is 8.48. The van der Waals surface area contributed by atoms with Crippen LogP contribution >= 0.6 is 11.6 Å². The number of hydrogen-bond acceptors (Lipinski definition) is 4. The number of carbonyl (C=O) groups is 1. The van der Waals surface area contributed by atoms with Crippen molar-refractivity contribution in [1.82, 2.24) is 4.31 Å². The molecule has 0 saturated heterocycles. The van der Waals surface area contributed by atoms with E-state index >= 15 is 0 Å². The van der Waals surface area contributed by atoms with E-state index in [9.17, 15) is 13.2 Å². The molecule has 30 heavy (non-hydrogen) atoms. The van der Waals surface area contributed by atoms with Crippen LogP contribution in [0.5, 0.6) is 0 Å². The molecule has 1 aliphatic rings. The van der Waals surface area contributed by atoms with Crippen LogP contribution in [0.3, 0.4) is 0 Å². The molecule has 0 spiro atoms. The van der Waals surface area contributed by atoms with Crippen molar-refractivity contribution in [1.29, 1.82) is 0 Å². The number of esters is 1. The van der Waals surface area contributed by atoms with Gasteiger partial charge in [-0.05, 0) is 41.7 Å². The van der Waals surface area contributed by atoms with Crippen LogP contribution in [-0.4, -0.2) is 31.8 Å². The molecule has 0 aliphatic carbocycles. The van der Waals surface area contributed by atoms with Crippen molar-refractivity contribution in [2.45, 2.75) is 44.7 Å². The lowest BCUT2D eigenvalue weighted by Crippen LogP contribution is -2.45. The van der Waals surface area contributed by atoms with Gasteiger partial charge in [0.1, 0.15) is 0 Å². The summed E-state index contributed by atoms with van der Waals surface area (Å²) in [6.07, 6.45) is 1.72. The lowest BCUT2D eigenvalue weighted by Gasteiger charge is -2.37. The maximum Gasteiger partial charge on any atom is 0.335 e. The Labute approximate surface area is 183 Å². The van der Waals surface area contributed by atoms with Gasteiger partial charge in [0.05, 0.1) is 23.6 Å². The van der Waals surface area contributed by atoms with Crippen molar-refractivity contribution < 1.29 is 17.9 Å². The summed E-state index contributed by atoms with van der Waals surface area (Å²) in [6.45, 7) is 7.62. The van der Waals surface area contributed by atoms with Gasteiger partial charge in [-0.2, -0.15) is 4.31 Å². The van der Waals surface area contributed by atoms with Crippen LogP contribution < -0.4 is 0 Å². The number of halogens is 1. The standard InChI is InChI=1S/C23H26ClNO4S/c1-15-8-6-7-9-19(15)30(27,28)25-20(23(2,3)4)14-18(22(26)29-5)21(25)16-10-12-17(24)13-11-16/h6-14,20-21H,1-5H3. The maximum absolute atomic E-state index is 13.9. The summed E-state index contributed by atoms with van der Waals surface area (Å²) in [6, 6.07) is 12.4. The Kier molecular flexibility index (Phi) is 6.14. The minimum atomic E-state index is -3.94. The van der Waals surface area contributed by atoms with E-state index in [0.29, 0.717) is 21.7 Å². The van der Waals surface area contributed by atoms with E-state index < -0.39 is 33.5 Å². The second-order valence-corrected chi connectivity index (χ2v) is 10.7. The van der Waals surface area contributed by atoms with Gasteiger partial charge in [0, 0.05) is 11.1 Å². The van der Waals surface area contributed by atoms with Gasteiger partial charge in [0.2, 0.25) is 10.0 Å². The number of aryl methyl sites for hydroxylation is 1. The highest BCUT2D eigenvalue weighted by Crippen LogP contribution is 2.46. The van der Waals surface area contributed by atoms with Crippen molar-refractivity contribution in [3.8, 4) is 0 Å². The minimum Gasteiger partial charge on any atom is -0.466 e. The van der Waals surface area contributed by atoms with Gasteiger partial charge < -0.3 is 4.74 Å². The predicted octanol–water partition coefficient (Wildman–Crippen LogP) is 4.91. The SMILES string of the molecule is COC(=O)C1=CC(C(C)(C)C)N(S(=O)(=O)c2ccccc2C)C1c1ccc(Cl)cc1. The predicted molar refractivity (Wildman–Crippen MR) is 118 cm³/mol. The topological polar surface area (TPSA) is 63.7 Å². The van der Waals surface area contributed by atoms with Crippen molar-refractivity contribution in [3.63, 3.8) is 0 Å². The Bertz CT molecular complexity index is 1080. The molecule has 0 fully saturated rings. The number of carbonyl (C=O) groups excluding carboxylic acids is 1. The van der Waals surface area contributed by atoms with Crippen LogP contribution in [0.15, 0.2) is 65.1 Å². The number of rotatable bonds is 4. The average molecular weight is 448 g/mol. The third-order valence-electron chi connectivity index (χ3n) is 5.30. The molecule has 1 aliphatic heterocycles. The summed E-state index contributed by atoms with van der Waals surface area (Å²) in [5, 5.41) is 0.529. The highest BCUT2D eigenvalue weighted by Gasteiger charge is 2.50. The molecule has 2 aromatic carbocycles. The first-order valence-corrected chi connectivity index (χ1v) is 11.4. The van der Waals surface area contributed by atoms with E-state index in [1.54, 1.807) is 61.5 Å². The number of methoxy groups -OCH3 is 1. The number of benzene rings is 2. The highest BCUT2D eigenvalue weighted by molar-refractivity contribution is 7.89. The molecule has 0 bridgehead atoms. The van der Waals surface area contributed by atoms with E-state index in [0.717, 1.165) is 0 Å². The van der Waals surface area contributed by atoms with Gasteiger partial charge in [-0.15, -0.1) is 0 Å². The zero-order valence-corrected chi connectivity index (χ0v) is 19.3. The van der Waals surface area contributed by atoms with Gasteiger partial charge in [0.15, 0.2) is 0 Å². The molecule has 0 radical (unpaired) electrons. The molecule has 2 unspecified atom stereocenters. The van der Waals surface area contributed by atoms with Crippen molar-refractivity contribution in [2.24, 2.45) is 5.41 Å². The van der Waals surface area contributed by atoms with Crippen LogP contribution in [0, 0.1) is 12.3 Å². The molecular formula is C23H26ClNO4S. The smallest absolute Gasteiger partial charge is 0.335 e. The zero-order chi connectivity index (χ0) is 22.3. The fourth-order valence-electron chi connectivity index (χ4n) is 3.78. The molecule has 5 nitrogen and oxygen atoms in total. The summed E-state index contributed by atoms with van der Waals surface area (Å²) in [5.74, 6) is -0.549. The molecule has 0 amide bonds. The van der Waals surface area contributed by atoms with Gasteiger partial charge in [-0.1, -0.05) is 68.8 Å². The number of sulfonamides is 1. The number of nitrogens with zero attached hydrogens (tertiary/aromatic N) is 1. The quantitative estimate of drug-likeness (QED) is 0.625. The third kappa shape index (κ3) is 4.04. The van der Waals surface area contributed by atoms with Gasteiger partial charge in [0.25, 0.3) is 0 Å². The Balaban J connectivity index is 2.28. The number of hydrogen-bond donors (Lipinski definition) is 0. The Morgan fingerprint density at radius 3 is 2.20 bits per heavy atom. The molecule has 2 atom stereocenters. The van der Waals surface area contributed by atoms with Crippen LogP contribution in [0.2, 0.25) is 5.02 Å². The van der Waals surface area contributed by atoms with Crippen LogP contribution in [-0.2, 0) is 19.6 Å². The van der Waals surface area contributed by atoms with Crippen molar-refractivity contribution in [2.75, 3.05) is 7.11 Å². The van der Waals surface area contributed by atoms with Gasteiger partial charge in [-0.3, -0.25) is 0 Å². The van der Waals surface area contributed by atoms with E-state index in [-0.39, 0.29) is 4.90 Å². The molecular weight excluding hydrogens is 422 g/mol. The highest BCUT2D eigenvalue weighted by atomic mass is 35.5. The first kappa shape index (κ1) is 22.5. The minimum absolute atomic E-state index is 0.220. The summed E-state index contributed by atoms with van der Waals surface area (Å²) < 4.78 is 34.3. The molecule has 0 saturated carbocycles. The molecule has 7 heteroatoms. The zero-order valence-electron chi connectivity index (χ0n) is 17.7. The molecule has 1 heterocycles. The summed E-state index contributed by atoms with van der Waals surface area (Å²) in [7, 11) is -2.64. The molecule has 3 rings (SSSR count). The van der Waals surface area contributed by atoms with Crippen LogP contribution in [0.4, 0.5) is 0 Å². The monoisotopic (exact) mass is 447 g/mol. The number of ether oxygens (including phenoxy) is 1. The lowest BCUT2D eigenvalue weighted by molar-refractivity contribution is -0.136. The third-order valence-corrected chi connectivity index (χ3v) is 7.56. The summed E-state index contributed by atoms with van der Waals surface area (Å²) >= 11 is 6.05. The van der Waals surface area contributed by atoms with Crippen molar-refractivity contribution in [3.05, 3.63) is 76.3 Å². The summed E-state index contributed by atoms with van der Waals surface area (Å²) in [4.78, 5) is 12.9. The maximum atomic E-state index is 13.9. The Morgan fingerprint density at radius 2 is 1.67 bits per heavy atom. The second kappa shape index (κ2) is 8.17. The van der Waals surface area contributed by atoms with E-state index in [4.69, 9.17) is 16.3 Å². The van der Waals surface area contributed by atoms with E-state index in [1.807, 2.05) is 20.8 Å². The van der Waals surface area contributed by atoms with E-state index in [1.165, 1.54) is 11.4 Å². The first-order chi connectivity index (χ1) is 14.0. The largest absolute Gasteiger partial charge is 0.466 e. The lowest BCUT2D eigenvalue weighted by atomic mass is 9.87. The fraction of sp³-hybridized carbons (Fsp3) is 0.348. The first-order valence-electron chi connectivity index (χ1n) is 9.63. The molecule has 160 valence electrons. The molecule has 0 aromatic heterocycles. The molecule has 2 aromatic rings. The Morgan fingerprint density at radius 1 is 1.07 bits per heavy atom. The van der Waals surface area contributed by atoms with E-state index in [2.05, 4.69) is 0 Å². The van der Waals surface area contributed by atoms with Gasteiger partial charge in [-0.25, -0.2) is 13.2 Å². The van der Waals surface area contributed by atoms with Crippen LogP contribution in [0.25, 0.3) is 0 Å². The normalized spacial score (nSPS) is 20.1. The van der Waals surface area contributed by atoms with Gasteiger partial charge >= 0.3 is 5.97 Å².